The molecule has 0 atom stereocenters. The first-order chi connectivity index (χ1) is 6.06. The van der Waals surface area contributed by atoms with E-state index in [0.717, 1.165) is 6.07 Å². The van der Waals surface area contributed by atoms with Gasteiger partial charge in [-0.1, -0.05) is 15.9 Å². The number of alkyl halides is 3. The molecule has 1 aromatic rings. The maximum atomic E-state index is 12.2. The number of hydrogen-bond acceptors (Lipinski definition) is 2. The lowest BCUT2D eigenvalue weighted by Crippen LogP contribution is -2.07. The van der Waals surface area contributed by atoms with Crippen LogP contribution in [-0.2, 0) is 5.33 Å². The number of aromatic hydroxyl groups is 1. The highest BCUT2D eigenvalue weighted by atomic mass is 79.9. The highest BCUT2D eigenvalue weighted by Gasteiger charge is 2.16. The summed E-state index contributed by atoms with van der Waals surface area (Å²) >= 11 is 3.00. The van der Waals surface area contributed by atoms with Gasteiger partial charge >= 0.3 is 0 Å². The number of nitrogens with one attached hydrogen (secondary N) is 1. The molecule has 6 heteroatoms. The van der Waals surface area contributed by atoms with Crippen LogP contribution in [0.3, 0.4) is 0 Å². The summed E-state index contributed by atoms with van der Waals surface area (Å²) < 4.78 is 24.4. The zero-order chi connectivity index (χ0) is 10.0. The summed E-state index contributed by atoms with van der Waals surface area (Å²) in [5.41, 5.74) is -1.23. The van der Waals surface area contributed by atoms with Crippen molar-refractivity contribution in [3.8, 4) is 5.75 Å². The normalized spacial score (nSPS) is 10.8. The van der Waals surface area contributed by atoms with Gasteiger partial charge in [0, 0.05) is 17.1 Å². The second-order valence-electron chi connectivity index (χ2n) is 2.36. The Hall–Kier alpha value is -0.910. The molecule has 0 aliphatic carbocycles. The highest BCUT2D eigenvalue weighted by molar-refractivity contribution is 9.08. The summed E-state index contributed by atoms with van der Waals surface area (Å²) in [6.07, 6.45) is -2.88. The smallest absolute Gasteiger partial charge is 0.282 e. The van der Waals surface area contributed by atoms with Gasteiger partial charge in [-0.2, -0.15) is 0 Å². The van der Waals surface area contributed by atoms with Crippen LogP contribution in [0.4, 0.5) is 8.78 Å². The van der Waals surface area contributed by atoms with Crippen molar-refractivity contribution in [1.82, 2.24) is 4.98 Å². The van der Waals surface area contributed by atoms with Crippen LogP contribution >= 0.6 is 15.9 Å². The third kappa shape index (κ3) is 2.06. The second-order valence-corrected chi connectivity index (χ2v) is 2.92. The summed E-state index contributed by atoms with van der Waals surface area (Å²) in [6.45, 7) is 0. The largest absolute Gasteiger partial charge is 0.503 e. The summed E-state index contributed by atoms with van der Waals surface area (Å²) in [5.74, 6) is -0.917. The van der Waals surface area contributed by atoms with Crippen LogP contribution in [0.2, 0.25) is 0 Å². The molecule has 1 aromatic heterocycles. The minimum absolute atomic E-state index is 0.252. The molecular weight excluding hydrogens is 248 g/mol. The molecule has 2 N–H and O–H groups in total. The van der Waals surface area contributed by atoms with E-state index in [1.165, 1.54) is 0 Å². The quantitative estimate of drug-likeness (QED) is 0.792. The summed E-state index contributed by atoms with van der Waals surface area (Å²) in [7, 11) is 0. The van der Waals surface area contributed by atoms with Gasteiger partial charge in [0.25, 0.3) is 6.43 Å². The Morgan fingerprint density at radius 1 is 1.62 bits per heavy atom. The number of halogens is 3. The molecule has 0 aliphatic rings. The zero-order valence-electron chi connectivity index (χ0n) is 6.35. The molecule has 13 heavy (non-hydrogen) atoms. The average Bonchev–Trinajstić information content (AvgIpc) is 2.09. The molecule has 0 saturated heterocycles. The van der Waals surface area contributed by atoms with Crippen molar-refractivity contribution < 1.29 is 13.9 Å². The Kier molecular flexibility index (Phi) is 3.02. The summed E-state index contributed by atoms with van der Waals surface area (Å²) in [5, 5.41) is 9.20. The van der Waals surface area contributed by atoms with E-state index in [9.17, 15) is 13.6 Å². The van der Waals surface area contributed by atoms with Crippen LogP contribution in [0, 0.1) is 0 Å². The van der Waals surface area contributed by atoms with Gasteiger partial charge in [-0.25, -0.2) is 8.78 Å². The lowest BCUT2D eigenvalue weighted by Gasteiger charge is -2.04. The topological polar surface area (TPSA) is 53.1 Å². The van der Waals surface area contributed by atoms with E-state index >= 15 is 0 Å². The molecular formula is C7H6BrF2NO2. The lowest BCUT2D eigenvalue weighted by molar-refractivity contribution is 0.141. The van der Waals surface area contributed by atoms with Crippen molar-refractivity contribution in [3.05, 3.63) is 27.7 Å². The molecule has 0 radical (unpaired) electrons. The number of H-pyrrole nitrogens is 1. The van der Waals surface area contributed by atoms with Gasteiger partial charge in [-0.3, -0.25) is 4.79 Å². The molecule has 1 rings (SSSR count). The predicted octanol–water partition coefficient (Wildman–Crippen LogP) is 1.91. The molecule has 0 aromatic carbocycles. The van der Waals surface area contributed by atoms with Gasteiger partial charge in [0.1, 0.15) is 5.69 Å². The van der Waals surface area contributed by atoms with Crippen LogP contribution in [0.1, 0.15) is 17.8 Å². The molecule has 0 bridgehead atoms. The monoisotopic (exact) mass is 253 g/mol. The highest BCUT2D eigenvalue weighted by Crippen LogP contribution is 2.23. The second kappa shape index (κ2) is 3.87. The number of aromatic amines is 1. The number of hydrogen-bond donors (Lipinski definition) is 2. The van der Waals surface area contributed by atoms with E-state index in [2.05, 4.69) is 20.9 Å². The van der Waals surface area contributed by atoms with Crippen LogP contribution in [0.5, 0.6) is 5.75 Å². The van der Waals surface area contributed by atoms with Crippen molar-refractivity contribution in [2.75, 3.05) is 0 Å². The fourth-order valence-electron chi connectivity index (χ4n) is 0.857. The van der Waals surface area contributed by atoms with Gasteiger partial charge in [-0.05, 0) is 0 Å². The Morgan fingerprint density at radius 3 is 2.69 bits per heavy atom. The first-order valence-electron chi connectivity index (χ1n) is 3.35. The van der Waals surface area contributed by atoms with Gasteiger partial charge in [-0.15, -0.1) is 0 Å². The maximum absolute atomic E-state index is 12.2. The molecule has 1 heterocycles. The first-order valence-corrected chi connectivity index (χ1v) is 4.47. The standard InChI is InChI=1S/C7H6BrF2NO2/c8-2-3-1-4(12)6(13)5(11-3)7(9)10/h1,7,13H,2H2,(H,11,12). The van der Waals surface area contributed by atoms with Crippen molar-refractivity contribution in [3.63, 3.8) is 0 Å². The predicted molar refractivity (Wildman–Crippen MR) is 46.3 cm³/mol. The van der Waals surface area contributed by atoms with E-state index < -0.39 is 23.3 Å². The third-order valence-electron chi connectivity index (χ3n) is 1.45. The summed E-state index contributed by atoms with van der Waals surface area (Å²) in [6, 6.07) is 1.07. The lowest BCUT2D eigenvalue weighted by atomic mass is 10.3. The van der Waals surface area contributed by atoms with Crippen LogP contribution in [0.25, 0.3) is 0 Å². The van der Waals surface area contributed by atoms with E-state index in [-0.39, 0.29) is 5.33 Å². The summed E-state index contributed by atoms with van der Waals surface area (Å²) in [4.78, 5) is 13.2. The Labute approximate surface area is 80.5 Å². The van der Waals surface area contributed by atoms with E-state index in [0.29, 0.717) is 5.69 Å². The molecule has 3 nitrogen and oxygen atoms in total. The number of aromatic nitrogens is 1. The molecule has 72 valence electrons. The Bertz CT molecular complexity index is 364. The van der Waals surface area contributed by atoms with E-state index in [4.69, 9.17) is 5.11 Å². The van der Waals surface area contributed by atoms with Crippen LogP contribution in [0.15, 0.2) is 10.9 Å². The third-order valence-corrected chi connectivity index (χ3v) is 2.06. The Morgan fingerprint density at radius 2 is 2.23 bits per heavy atom. The fourth-order valence-corrected chi connectivity index (χ4v) is 1.16. The molecule has 0 unspecified atom stereocenters. The van der Waals surface area contributed by atoms with Gasteiger partial charge in [0.15, 0.2) is 5.75 Å². The maximum Gasteiger partial charge on any atom is 0.282 e. The number of rotatable bonds is 2. The van der Waals surface area contributed by atoms with Gasteiger partial charge in [0.2, 0.25) is 5.43 Å². The Balaban J connectivity index is 3.33. The van der Waals surface area contributed by atoms with Crippen LogP contribution < -0.4 is 5.43 Å². The van der Waals surface area contributed by atoms with E-state index in [1.807, 2.05) is 0 Å². The minimum Gasteiger partial charge on any atom is -0.503 e. The van der Waals surface area contributed by atoms with E-state index in [1.54, 1.807) is 0 Å². The zero-order valence-corrected chi connectivity index (χ0v) is 7.94. The molecule has 0 fully saturated rings. The van der Waals surface area contributed by atoms with Crippen molar-refractivity contribution >= 4 is 15.9 Å². The van der Waals surface area contributed by atoms with Gasteiger partial charge in [0.05, 0.1) is 0 Å². The number of pyridine rings is 1. The van der Waals surface area contributed by atoms with Crippen LogP contribution in [-0.4, -0.2) is 10.1 Å². The molecule has 0 spiro atoms. The first kappa shape index (κ1) is 10.2. The molecule has 0 saturated carbocycles. The van der Waals surface area contributed by atoms with Crippen molar-refractivity contribution in [2.24, 2.45) is 0 Å². The fraction of sp³-hybridized carbons (Fsp3) is 0.286. The van der Waals surface area contributed by atoms with Crippen molar-refractivity contribution in [1.29, 1.82) is 0 Å². The van der Waals surface area contributed by atoms with Crippen molar-refractivity contribution in [2.45, 2.75) is 11.8 Å². The average molecular weight is 254 g/mol. The molecule has 0 aliphatic heterocycles. The SMILES string of the molecule is O=c1cc(CBr)[nH]c(C(F)F)c1O. The van der Waals surface area contributed by atoms with Gasteiger partial charge < -0.3 is 10.1 Å². The minimum atomic E-state index is -2.88. The molecule has 0 amide bonds.